The zero-order valence-corrected chi connectivity index (χ0v) is 10.0. The van der Waals surface area contributed by atoms with Crippen molar-refractivity contribution in [3.63, 3.8) is 0 Å². The van der Waals surface area contributed by atoms with Crippen LogP contribution in [0.3, 0.4) is 0 Å². The summed E-state index contributed by atoms with van der Waals surface area (Å²) < 4.78 is 5.53. The van der Waals surface area contributed by atoms with Crippen LogP contribution in [0.4, 0.5) is 0 Å². The van der Waals surface area contributed by atoms with Crippen molar-refractivity contribution in [1.29, 1.82) is 0 Å². The highest BCUT2D eigenvalue weighted by atomic mass is 35.5. The molecule has 0 bridgehead atoms. The minimum absolute atomic E-state index is 0.0196. The van der Waals surface area contributed by atoms with E-state index in [-0.39, 0.29) is 17.8 Å². The maximum absolute atomic E-state index is 12.2. The van der Waals surface area contributed by atoms with Crippen LogP contribution in [-0.4, -0.2) is 18.5 Å². The van der Waals surface area contributed by atoms with E-state index in [1.54, 1.807) is 24.3 Å². The van der Waals surface area contributed by atoms with Gasteiger partial charge in [0.1, 0.15) is 0 Å². The molecule has 0 spiro atoms. The van der Waals surface area contributed by atoms with Crippen LogP contribution >= 0.6 is 11.6 Å². The number of rotatable bonds is 3. The Kier molecular flexibility index (Phi) is 3.62. The third kappa shape index (κ3) is 2.28. The van der Waals surface area contributed by atoms with Gasteiger partial charge in [-0.1, -0.05) is 18.5 Å². The van der Waals surface area contributed by atoms with E-state index in [1.165, 1.54) is 0 Å². The van der Waals surface area contributed by atoms with Crippen molar-refractivity contribution in [2.24, 2.45) is 5.92 Å². The topological polar surface area (TPSA) is 26.3 Å². The zero-order chi connectivity index (χ0) is 11.5. The van der Waals surface area contributed by atoms with Gasteiger partial charge in [0.2, 0.25) is 0 Å². The van der Waals surface area contributed by atoms with E-state index < -0.39 is 0 Å². The van der Waals surface area contributed by atoms with E-state index >= 15 is 0 Å². The first kappa shape index (κ1) is 11.6. The van der Waals surface area contributed by atoms with Crippen molar-refractivity contribution in [1.82, 2.24) is 0 Å². The number of Topliss-reactive ketones (excluding diaryl/α,β-unsaturated/α-hetero) is 1. The molecular weight excluding hydrogens is 224 g/mol. The number of hydrogen-bond acceptors (Lipinski definition) is 2. The number of benzene rings is 1. The highest BCUT2D eigenvalue weighted by molar-refractivity contribution is 6.30. The van der Waals surface area contributed by atoms with Gasteiger partial charge < -0.3 is 4.74 Å². The molecule has 1 aliphatic heterocycles. The zero-order valence-electron chi connectivity index (χ0n) is 9.28. The molecule has 0 N–H and O–H groups in total. The molecular formula is C13H15ClO2. The van der Waals surface area contributed by atoms with Gasteiger partial charge in [-0.05, 0) is 37.1 Å². The molecule has 3 heteroatoms. The number of carbonyl (C=O) groups excluding carboxylic acids is 1. The Bertz CT molecular complexity index is 372. The predicted molar refractivity (Wildman–Crippen MR) is 63.9 cm³/mol. The van der Waals surface area contributed by atoms with E-state index in [0.717, 1.165) is 18.4 Å². The van der Waals surface area contributed by atoms with E-state index in [4.69, 9.17) is 16.3 Å². The summed E-state index contributed by atoms with van der Waals surface area (Å²) in [5.74, 6) is 0.201. The number of ketones is 1. The molecule has 2 unspecified atom stereocenters. The Morgan fingerprint density at radius 3 is 2.75 bits per heavy atom. The maximum Gasteiger partial charge on any atom is 0.168 e. The third-order valence-corrected chi connectivity index (χ3v) is 3.33. The Balaban J connectivity index is 2.15. The second kappa shape index (κ2) is 4.98. The van der Waals surface area contributed by atoms with E-state index in [9.17, 15) is 4.79 Å². The van der Waals surface area contributed by atoms with Crippen molar-refractivity contribution in [3.8, 4) is 0 Å². The molecule has 0 radical (unpaired) electrons. The average Bonchev–Trinajstić information content (AvgIpc) is 2.77. The average molecular weight is 239 g/mol. The van der Waals surface area contributed by atoms with Crippen molar-refractivity contribution in [2.45, 2.75) is 25.9 Å². The molecule has 2 nitrogen and oxygen atoms in total. The minimum atomic E-state index is 0.0196. The highest BCUT2D eigenvalue weighted by Crippen LogP contribution is 2.27. The molecule has 1 aliphatic rings. The lowest BCUT2D eigenvalue weighted by Crippen LogP contribution is -2.23. The minimum Gasteiger partial charge on any atom is -0.377 e. The number of carbonyl (C=O) groups is 1. The molecule has 1 aromatic rings. The Labute approximate surface area is 101 Å². The van der Waals surface area contributed by atoms with Gasteiger partial charge in [0.15, 0.2) is 5.78 Å². The molecule has 0 amide bonds. The smallest absolute Gasteiger partial charge is 0.168 e. The van der Waals surface area contributed by atoms with Crippen molar-refractivity contribution < 1.29 is 9.53 Å². The summed E-state index contributed by atoms with van der Waals surface area (Å²) in [5.41, 5.74) is 0.735. The van der Waals surface area contributed by atoms with E-state index in [0.29, 0.717) is 11.6 Å². The summed E-state index contributed by atoms with van der Waals surface area (Å²) >= 11 is 5.80. The van der Waals surface area contributed by atoms with E-state index in [1.807, 2.05) is 0 Å². The molecule has 1 aromatic carbocycles. The molecule has 0 saturated carbocycles. The van der Waals surface area contributed by atoms with Gasteiger partial charge in [-0.3, -0.25) is 4.79 Å². The number of halogens is 1. The molecule has 1 fully saturated rings. The van der Waals surface area contributed by atoms with Crippen LogP contribution in [0.1, 0.15) is 30.1 Å². The molecule has 86 valence electrons. The fourth-order valence-electron chi connectivity index (χ4n) is 2.18. The molecule has 1 heterocycles. The summed E-state index contributed by atoms with van der Waals surface area (Å²) in [6.07, 6.45) is 1.81. The molecule has 0 aliphatic carbocycles. The van der Waals surface area contributed by atoms with Crippen LogP contribution in [0.25, 0.3) is 0 Å². The Hall–Kier alpha value is -0.860. The van der Waals surface area contributed by atoms with Crippen molar-refractivity contribution >= 4 is 17.4 Å². The first-order chi connectivity index (χ1) is 7.72. The van der Waals surface area contributed by atoms with Crippen LogP contribution < -0.4 is 0 Å². The van der Waals surface area contributed by atoms with Gasteiger partial charge in [0, 0.05) is 17.2 Å². The lowest BCUT2D eigenvalue weighted by molar-refractivity contribution is 0.0689. The number of hydrogen-bond donors (Lipinski definition) is 0. The molecule has 0 aromatic heterocycles. The fourth-order valence-corrected chi connectivity index (χ4v) is 2.30. The summed E-state index contributed by atoms with van der Waals surface area (Å²) in [4.78, 5) is 12.2. The molecule has 16 heavy (non-hydrogen) atoms. The van der Waals surface area contributed by atoms with Gasteiger partial charge in [0.25, 0.3) is 0 Å². The Morgan fingerprint density at radius 2 is 2.12 bits per heavy atom. The molecule has 2 rings (SSSR count). The van der Waals surface area contributed by atoms with Gasteiger partial charge in [-0.25, -0.2) is 0 Å². The van der Waals surface area contributed by atoms with Crippen molar-refractivity contribution in [2.75, 3.05) is 6.61 Å². The quantitative estimate of drug-likeness (QED) is 0.755. The SMILES string of the molecule is CCC1OCCC1C(=O)c1ccc(Cl)cc1. The second-order valence-electron chi connectivity index (χ2n) is 4.08. The van der Waals surface area contributed by atoms with Gasteiger partial charge in [-0.2, -0.15) is 0 Å². The number of ether oxygens (including phenoxy) is 1. The van der Waals surface area contributed by atoms with E-state index in [2.05, 4.69) is 6.92 Å². The maximum atomic E-state index is 12.2. The molecule has 1 saturated heterocycles. The van der Waals surface area contributed by atoms with Crippen LogP contribution in [-0.2, 0) is 4.74 Å². The monoisotopic (exact) mass is 238 g/mol. The summed E-state index contributed by atoms with van der Waals surface area (Å²) in [6.45, 7) is 2.75. The van der Waals surface area contributed by atoms with Gasteiger partial charge in [0.05, 0.1) is 12.0 Å². The van der Waals surface area contributed by atoms with Gasteiger partial charge >= 0.3 is 0 Å². The van der Waals surface area contributed by atoms with Crippen LogP contribution in [0.15, 0.2) is 24.3 Å². The first-order valence-corrected chi connectivity index (χ1v) is 6.01. The van der Waals surface area contributed by atoms with Crippen molar-refractivity contribution in [3.05, 3.63) is 34.9 Å². The fraction of sp³-hybridized carbons (Fsp3) is 0.462. The predicted octanol–water partition coefficient (Wildman–Crippen LogP) is 3.34. The lowest BCUT2D eigenvalue weighted by atomic mass is 9.90. The summed E-state index contributed by atoms with van der Waals surface area (Å²) in [6, 6.07) is 7.09. The second-order valence-corrected chi connectivity index (χ2v) is 4.52. The largest absolute Gasteiger partial charge is 0.377 e. The van der Waals surface area contributed by atoms with Gasteiger partial charge in [-0.15, -0.1) is 0 Å². The Morgan fingerprint density at radius 1 is 1.44 bits per heavy atom. The third-order valence-electron chi connectivity index (χ3n) is 3.08. The summed E-state index contributed by atoms with van der Waals surface area (Å²) in [7, 11) is 0. The van der Waals surface area contributed by atoms with Crippen LogP contribution in [0, 0.1) is 5.92 Å². The lowest BCUT2D eigenvalue weighted by Gasteiger charge is -2.15. The highest BCUT2D eigenvalue weighted by Gasteiger charge is 2.33. The van der Waals surface area contributed by atoms with Crippen LogP contribution in [0.5, 0.6) is 0 Å². The molecule has 2 atom stereocenters. The standard InChI is InChI=1S/C13H15ClO2/c1-2-12-11(7-8-16-12)13(15)9-3-5-10(14)6-4-9/h3-6,11-12H,2,7-8H2,1H3. The first-order valence-electron chi connectivity index (χ1n) is 5.63. The summed E-state index contributed by atoms with van der Waals surface area (Å²) in [5, 5.41) is 0.659. The normalized spacial score (nSPS) is 24.6. The van der Waals surface area contributed by atoms with Crippen LogP contribution in [0.2, 0.25) is 5.02 Å².